The van der Waals surface area contributed by atoms with Gasteiger partial charge in [-0.25, -0.2) is 4.79 Å². The third kappa shape index (κ3) is 2.56. The third-order valence-electron chi connectivity index (χ3n) is 2.08. The van der Waals surface area contributed by atoms with Gasteiger partial charge in [0.05, 0.1) is 13.2 Å². The molecule has 0 spiro atoms. The summed E-state index contributed by atoms with van der Waals surface area (Å²) in [7, 11) is 1.24. The molecule has 0 saturated carbocycles. The lowest BCUT2D eigenvalue weighted by atomic mass is 10.2. The lowest BCUT2D eigenvalue weighted by Crippen LogP contribution is -2.41. The largest absolute Gasteiger partial charge is 0.464 e. The van der Waals surface area contributed by atoms with Gasteiger partial charge in [-0.05, 0) is 19.4 Å². The molecule has 1 heterocycles. The van der Waals surface area contributed by atoms with Crippen LogP contribution >= 0.6 is 0 Å². The van der Waals surface area contributed by atoms with Crippen molar-refractivity contribution >= 4 is 11.9 Å². The molecule has 1 saturated heterocycles. The molecule has 0 aliphatic carbocycles. The average Bonchev–Trinajstić information content (AvgIpc) is 2.69. The zero-order valence-corrected chi connectivity index (χ0v) is 8.13. The highest BCUT2D eigenvalue weighted by Crippen LogP contribution is 2.05. The highest BCUT2D eigenvalue weighted by Gasteiger charge is 2.23. The number of hydrogen-bond acceptors (Lipinski definition) is 4. The smallest absolute Gasteiger partial charge is 0.353 e. The van der Waals surface area contributed by atoms with E-state index in [1.54, 1.807) is 0 Å². The maximum Gasteiger partial charge on any atom is 0.353 e. The molecule has 0 bridgehead atoms. The van der Waals surface area contributed by atoms with Crippen LogP contribution in [0.1, 0.15) is 12.8 Å². The Morgan fingerprint density at radius 1 is 1.57 bits per heavy atom. The molecule has 78 valence electrons. The maximum atomic E-state index is 11.4. The Hall–Kier alpha value is -1.36. The van der Waals surface area contributed by atoms with Gasteiger partial charge in [0, 0.05) is 0 Å². The van der Waals surface area contributed by atoms with Crippen molar-refractivity contribution in [2.75, 3.05) is 13.7 Å². The number of carbonyl (C=O) groups excluding carboxylic acids is 2. The summed E-state index contributed by atoms with van der Waals surface area (Å²) >= 11 is 0. The first-order valence-corrected chi connectivity index (χ1v) is 4.46. The van der Waals surface area contributed by atoms with E-state index in [9.17, 15) is 9.59 Å². The molecule has 1 amide bonds. The second-order valence-corrected chi connectivity index (χ2v) is 3.11. The average molecular weight is 198 g/mol. The van der Waals surface area contributed by atoms with Crippen molar-refractivity contribution in [1.29, 1.82) is 0 Å². The summed E-state index contributed by atoms with van der Waals surface area (Å²) in [6.07, 6.45) is 1.77. The molecule has 0 aromatic carbocycles. The fourth-order valence-electron chi connectivity index (χ4n) is 1.32. The summed E-state index contributed by atoms with van der Waals surface area (Å²) in [6.45, 7) is 4.24. The second kappa shape index (κ2) is 4.76. The molecule has 0 aromatic rings. The molecule has 1 rings (SSSR count). The van der Waals surface area contributed by atoms with Crippen molar-refractivity contribution in [3.8, 4) is 0 Å². The molecule has 0 radical (unpaired) electrons. The normalized spacial score (nSPS) is 20.2. The van der Waals surface area contributed by atoms with Gasteiger partial charge in [-0.2, -0.15) is 0 Å². The molecule has 5 nitrogen and oxygen atoms in total. The maximum absolute atomic E-state index is 11.4. The summed E-state index contributed by atoms with van der Waals surface area (Å²) in [4.78, 5) is 22.3. The molecule has 2 N–H and O–H groups in total. The number of nitrogens with one attached hydrogen (secondary N) is 2. The van der Waals surface area contributed by atoms with Crippen LogP contribution in [0.15, 0.2) is 12.3 Å². The third-order valence-corrected chi connectivity index (χ3v) is 2.08. The van der Waals surface area contributed by atoms with Crippen LogP contribution in [0.3, 0.4) is 0 Å². The van der Waals surface area contributed by atoms with Crippen LogP contribution in [0.25, 0.3) is 0 Å². The predicted octanol–water partition coefficient (Wildman–Crippen LogP) is -0.459. The number of methoxy groups -OCH3 is 1. The highest BCUT2D eigenvalue weighted by molar-refractivity contribution is 5.94. The molecule has 1 fully saturated rings. The van der Waals surface area contributed by atoms with Crippen LogP contribution in [0, 0.1) is 0 Å². The van der Waals surface area contributed by atoms with E-state index in [2.05, 4.69) is 21.9 Å². The summed E-state index contributed by atoms with van der Waals surface area (Å²) in [6, 6.07) is -0.212. The van der Waals surface area contributed by atoms with Crippen molar-refractivity contribution in [3.05, 3.63) is 12.3 Å². The van der Waals surface area contributed by atoms with Crippen LogP contribution in [-0.2, 0) is 14.3 Å². The molecular formula is C9H14N2O3. The predicted molar refractivity (Wildman–Crippen MR) is 50.3 cm³/mol. The fourth-order valence-corrected chi connectivity index (χ4v) is 1.32. The van der Waals surface area contributed by atoms with Crippen LogP contribution in [-0.4, -0.2) is 31.6 Å². The Bertz CT molecular complexity index is 257. The number of hydrogen-bond donors (Lipinski definition) is 2. The van der Waals surface area contributed by atoms with Crippen LogP contribution in [0.5, 0.6) is 0 Å². The summed E-state index contributed by atoms with van der Waals surface area (Å²) in [5, 5.41) is 5.42. The zero-order chi connectivity index (χ0) is 10.6. The van der Waals surface area contributed by atoms with Crippen LogP contribution in [0.4, 0.5) is 0 Å². The van der Waals surface area contributed by atoms with E-state index < -0.39 is 5.97 Å². The van der Waals surface area contributed by atoms with Crippen molar-refractivity contribution in [3.63, 3.8) is 0 Å². The van der Waals surface area contributed by atoms with E-state index >= 15 is 0 Å². The lowest BCUT2D eigenvalue weighted by molar-refractivity contribution is -0.137. The van der Waals surface area contributed by atoms with Gasteiger partial charge in [0.25, 0.3) is 0 Å². The van der Waals surface area contributed by atoms with E-state index in [1.165, 1.54) is 7.11 Å². The molecule has 1 atom stereocenters. The molecule has 1 unspecified atom stereocenters. The Morgan fingerprint density at radius 2 is 2.29 bits per heavy atom. The topological polar surface area (TPSA) is 67.4 Å². The Kier molecular flexibility index (Phi) is 3.64. The molecule has 5 heteroatoms. The van der Waals surface area contributed by atoms with Crippen molar-refractivity contribution in [1.82, 2.24) is 10.6 Å². The van der Waals surface area contributed by atoms with Crippen molar-refractivity contribution < 1.29 is 14.3 Å². The highest BCUT2D eigenvalue weighted by atomic mass is 16.5. The number of esters is 1. The van der Waals surface area contributed by atoms with Gasteiger partial charge < -0.3 is 15.4 Å². The van der Waals surface area contributed by atoms with E-state index in [0.29, 0.717) is 0 Å². The first-order chi connectivity index (χ1) is 6.65. The number of rotatable bonds is 3. The van der Waals surface area contributed by atoms with E-state index in [0.717, 1.165) is 19.4 Å². The molecule has 0 aromatic heterocycles. The monoisotopic (exact) mass is 198 g/mol. The second-order valence-electron chi connectivity index (χ2n) is 3.11. The number of carbonyl (C=O) groups is 2. The SMILES string of the molecule is C=C(NC(=O)C1CCCN1)C(=O)OC. The van der Waals surface area contributed by atoms with Crippen LogP contribution < -0.4 is 10.6 Å². The minimum Gasteiger partial charge on any atom is -0.464 e. The van der Waals surface area contributed by atoms with E-state index in [1.807, 2.05) is 0 Å². The van der Waals surface area contributed by atoms with E-state index in [-0.39, 0.29) is 17.6 Å². The van der Waals surface area contributed by atoms with Gasteiger partial charge in [0.2, 0.25) is 5.91 Å². The molecular weight excluding hydrogens is 184 g/mol. The minimum atomic E-state index is -0.614. The Morgan fingerprint density at radius 3 is 2.79 bits per heavy atom. The summed E-state index contributed by atoms with van der Waals surface area (Å²) in [5.74, 6) is -0.839. The standard InChI is InChI=1S/C9H14N2O3/c1-6(9(13)14-2)11-8(12)7-4-3-5-10-7/h7,10H,1,3-5H2,2H3,(H,11,12). The summed E-state index contributed by atoms with van der Waals surface area (Å²) < 4.78 is 4.40. The Labute approximate surface area is 82.5 Å². The van der Waals surface area contributed by atoms with Gasteiger partial charge in [-0.15, -0.1) is 0 Å². The molecule has 1 aliphatic heterocycles. The van der Waals surface area contributed by atoms with Gasteiger partial charge in [-0.1, -0.05) is 6.58 Å². The van der Waals surface area contributed by atoms with Gasteiger partial charge in [0.15, 0.2) is 0 Å². The van der Waals surface area contributed by atoms with Crippen molar-refractivity contribution in [2.24, 2.45) is 0 Å². The quantitative estimate of drug-likeness (QED) is 0.475. The first kappa shape index (κ1) is 10.7. The Balaban J connectivity index is 2.39. The minimum absolute atomic E-state index is 0.0220. The lowest BCUT2D eigenvalue weighted by Gasteiger charge is -2.11. The number of amides is 1. The number of ether oxygens (including phenoxy) is 1. The first-order valence-electron chi connectivity index (χ1n) is 4.46. The van der Waals surface area contributed by atoms with Crippen LogP contribution in [0.2, 0.25) is 0 Å². The molecule has 14 heavy (non-hydrogen) atoms. The van der Waals surface area contributed by atoms with Gasteiger partial charge in [-0.3, -0.25) is 4.79 Å². The van der Waals surface area contributed by atoms with Gasteiger partial charge in [0.1, 0.15) is 5.70 Å². The zero-order valence-electron chi connectivity index (χ0n) is 8.13. The van der Waals surface area contributed by atoms with E-state index in [4.69, 9.17) is 0 Å². The fraction of sp³-hybridized carbons (Fsp3) is 0.556. The van der Waals surface area contributed by atoms with Crippen molar-refractivity contribution in [2.45, 2.75) is 18.9 Å². The summed E-state index contributed by atoms with van der Waals surface area (Å²) in [5.41, 5.74) is -0.0220. The molecule has 1 aliphatic rings. The van der Waals surface area contributed by atoms with Gasteiger partial charge >= 0.3 is 5.97 Å².